The van der Waals surface area contributed by atoms with Crippen LogP contribution in [0.2, 0.25) is 0 Å². The molecular weight excluding hydrogens is 193 g/mol. The van der Waals surface area contributed by atoms with E-state index in [0.717, 1.165) is 6.42 Å². The molecule has 2 N–H and O–H groups in total. The van der Waals surface area contributed by atoms with Gasteiger partial charge in [0.25, 0.3) is 0 Å². The van der Waals surface area contributed by atoms with Crippen molar-refractivity contribution in [3.63, 3.8) is 0 Å². The standard InChI is InChI=1S/C12H18FNO/c1-4-8(2)12(14)9-6-5-7-10(15-3)11(9)13/h5-8,12H,4,14H2,1-3H3/t8?,12-/m0/s1. The van der Waals surface area contributed by atoms with Gasteiger partial charge in [-0.2, -0.15) is 0 Å². The maximum Gasteiger partial charge on any atom is 0.169 e. The summed E-state index contributed by atoms with van der Waals surface area (Å²) >= 11 is 0. The maximum atomic E-state index is 13.8. The Labute approximate surface area is 90.2 Å². The predicted molar refractivity (Wildman–Crippen MR) is 59.3 cm³/mol. The van der Waals surface area contributed by atoms with Crippen LogP contribution in [0, 0.1) is 11.7 Å². The molecule has 0 spiro atoms. The molecule has 1 aromatic rings. The number of nitrogens with two attached hydrogens (primary N) is 1. The zero-order chi connectivity index (χ0) is 11.4. The van der Waals surface area contributed by atoms with Gasteiger partial charge in [0.1, 0.15) is 0 Å². The molecule has 0 bridgehead atoms. The third kappa shape index (κ3) is 2.48. The number of halogens is 1. The van der Waals surface area contributed by atoms with Crippen LogP contribution in [0.15, 0.2) is 18.2 Å². The van der Waals surface area contributed by atoms with Gasteiger partial charge in [-0.05, 0) is 12.0 Å². The van der Waals surface area contributed by atoms with Crippen LogP contribution in [0.25, 0.3) is 0 Å². The van der Waals surface area contributed by atoms with Crippen molar-refractivity contribution < 1.29 is 9.13 Å². The molecule has 1 aromatic carbocycles. The van der Waals surface area contributed by atoms with Crippen molar-refractivity contribution in [1.29, 1.82) is 0 Å². The van der Waals surface area contributed by atoms with Gasteiger partial charge in [0.05, 0.1) is 7.11 Å². The lowest BCUT2D eigenvalue weighted by Crippen LogP contribution is -2.20. The topological polar surface area (TPSA) is 35.2 Å². The number of benzene rings is 1. The fourth-order valence-electron chi connectivity index (χ4n) is 1.50. The monoisotopic (exact) mass is 211 g/mol. The summed E-state index contributed by atoms with van der Waals surface area (Å²) < 4.78 is 18.7. The van der Waals surface area contributed by atoms with E-state index in [0.29, 0.717) is 5.56 Å². The van der Waals surface area contributed by atoms with Crippen LogP contribution in [0.1, 0.15) is 31.9 Å². The van der Waals surface area contributed by atoms with Gasteiger partial charge in [-0.1, -0.05) is 32.4 Å². The highest BCUT2D eigenvalue weighted by atomic mass is 19.1. The van der Waals surface area contributed by atoms with Crippen molar-refractivity contribution in [2.75, 3.05) is 7.11 Å². The molecule has 0 saturated carbocycles. The van der Waals surface area contributed by atoms with Crippen LogP contribution >= 0.6 is 0 Å². The minimum Gasteiger partial charge on any atom is -0.494 e. The molecule has 0 aromatic heterocycles. The van der Waals surface area contributed by atoms with E-state index in [1.54, 1.807) is 18.2 Å². The summed E-state index contributed by atoms with van der Waals surface area (Å²) in [4.78, 5) is 0. The molecule has 0 aliphatic heterocycles. The van der Waals surface area contributed by atoms with Crippen molar-refractivity contribution in [2.45, 2.75) is 26.3 Å². The smallest absolute Gasteiger partial charge is 0.169 e. The van der Waals surface area contributed by atoms with Crippen LogP contribution in [-0.2, 0) is 0 Å². The molecule has 2 nitrogen and oxygen atoms in total. The molecule has 3 heteroatoms. The second-order valence-corrected chi connectivity index (χ2v) is 3.77. The van der Waals surface area contributed by atoms with Gasteiger partial charge in [0, 0.05) is 11.6 Å². The van der Waals surface area contributed by atoms with Crippen molar-refractivity contribution in [2.24, 2.45) is 11.7 Å². The molecule has 1 unspecified atom stereocenters. The molecule has 15 heavy (non-hydrogen) atoms. The normalized spacial score (nSPS) is 14.7. The fourth-order valence-corrected chi connectivity index (χ4v) is 1.50. The van der Waals surface area contributed by atoms with E-state index in [1.165, 1.54) is 7.11 Å². The summed E-state index contributed by atoms with van der Waals surface area (Å²) in [6.07, 6.45) is 0.928. The van der Waals surface area contributed by atoms with Crippen molar-refractivity contribution in [3.05, 3.63) is 29.6 Å². The Morgan fingerprint density at radius 1 is 1.47 bits per heavy atom. The molecule has 2 atom stereocenters. The summed E-state index contributed by atoms with van der Waals surface area (Å²) in [5.74, 6) is 0.172. The summed E-state index contributed by atoms with van der Waals surface area (Å²) in [6.45, 7) is 4.06. The van der Waals surface area contributed by atoms with E-state index < -0.39 is 0 Å². The lowest BCUT2D eigenvalue weighted by molar-refractivity contribution is 0.374. The average Bonchev–Trinajstić information content (AvgIpc) is 2.27. The zero-order valence-electron chi connectivity index (χ0n) is 9.46. The minimum atomic E-state index is -0.340. The second-order valence-electron chi connectivity index (χ2n) is 3.77. The Bertz CT molecular complexity index is 327. The Morgan fingerprint density at radius 3 is 2.67 bits per heavy atom. The molecule has 0 saturated heterocycles. The van der Waals surface area contributed by atoms with Gasteiger partial charge >= 0.3 is 0 Å². The summed E-state index contributed by atoms with van der Waals surface area (Å²) in [5, 5.41) is 0. The molecular formula is C12H18FNO. The number of hydrogen-bond donors (Lipinski definition) is 1. The molecule has 84 valence electrons. The highest BCUT2D eigenvalue weighted by Gasteiger charge is 2.18. The Kier molecular flexibility index (Phi) is 4.09. The van der Waals surface area contributed by atoms with Gasteiger partial charge in [-0.3, -0.25) is 0 Å². The molecule has 0 fully saturated rings. The van der Waals surface area contributed by atoms with Crippen LogP contribution < -0.4 is 10.5 Å². The van der Waals surface area contributed by atoms with Gasteiger partial charge < -0.3 is 10.5 Å². The van der Waals surface area contributed by atoms with E-state index in [-0.39, 0.29) is 23.5 Å². The van der Waals surface area contributed by atoms with Gasteiger partial charge in [-0.25, -0.2) is 4.39 Å². The van der Waals surface area contributed by atoms with Gasteiger partial charge in [0.15, 0.2) is 11.6 Å². The molecule has 0 amide bonds. The zero-order valence-corrected chi connectivity index (χ0v) is 9.46. The van der Waals surface area contributed by atoms with Crippen molar-refractivity contribution in [3.8, 4) is 5.75 Å². The first-order valence-electron chi connectivity index (χ1n) is 5.19. The Morgan fingerprint density at radius 2 is 2.13 bits per heavy atom. The van der Waals surface area contributed by atoms with Gasteiger partial charge in [0.2, 0.25) is 0 Å². The lowest BCUT2D eigenvalue weighted by atomic mass is 9.93. The largest absolute Gasteiger partial charge is 0.494 e. The minimum absolute atomic E-state index is 0.256. The predicted octanol–water partition coefficient (Wildman–Crippen LogP) is 2.88. The number of rotatable bonds is 4. The van der Waals surface area contributed by atoms with E-state index in [4.69, 9.17) is 10.5 Å². The van der Waals surface area contributed by atoms with Crippen LogP contribution in [0.3, 0.4) is 0 Å². The van der Waals surface area contributed by atoms with Gasteiger partial charge in [-0.15, -0.1) is 0 Å². The van der Waals surface area contributed by atoms with Crippen LogP contribution in [0.4, 0.5) is 4.39 Å². The van der Waals surface area contributed by atoms with Crippen LogP contribution in [0.5, 0.6) is 5.75 Å². The summed E-state index contributed by atoms with van der Waals surface area (Å²) in [5.41, 5.74) is 6.51. The first-order valence-corrected chi connectivity index (χ1v) is 5.19. The lowest BCUT2D eigenvalue weighted by Gasteiger charge is -2.20. The second kappa shape index (κ2) is 5.12. The number of hydrogen-bond acceptors (Lipinski definition) is 2. The Balaban J connectivity index is 3.03. The highest BCUT2D eigenvalue weighted by Crippen LogP contribution is 2.28. The molecule has 0 aliphatic carbocycles. The van der Waals surface area contributed by atoms with E-state index in [1.807, 2.05) is 13.8 Å². The van der Waals surface area contributed by atoms with E-state index in [9.17, 15) is 4.39 Å². The first-order chi connectivity index (χ1) is 7.11. The fraction of sp³-hybridized carbons (Fsp3) is 0.500. The van der Waals surface area contributed by atoms with Crippen molar-refractivity contribution >= 4 is 0 Å². The molecule has 0 radical (unpaired) electrons. The third-order valence-corrected chi connectivity index (χ3v) is 2.83. The third-order valence-electron chi connectivity index (χ3n) is 2.83. The highest BCUT2D eigenvalue weighted by molar-refractivity contribution is 5.33. The Hall–Kier alpha value is -1.09. The molecule has 0 heterocycles. The molecule has 1 rings (SSSR count). The van der Waals surface area contributed by atoms with Crippen molar-refractivity contribution in [1.82, 2.24) is 0 Å². The summed E-state index contributed by atoms with van der Waals surface area (Å²) in [6, 6.07) is 4.81. The number of methoxy groups -OCH3 is 1. The first kappa shape index (κ1) is 12.0. The summed E-state index contributed by atoms with van der Waals surface area (Å²) in [7, 11) is 1.46. The van der Waals surface area contributed by atoms with E-state index in [2.05, 4.69) is 0 Å². The van der Waals surface area contributed by atoms with Crippen LogP contribution in [-0.4, -0.2) is 7.11 Å². The molecule has 0 aliphatic rings. The van der Waals surface area contributed by atoms with E-state index >= 15 is 0 Å². The quantitative estimate of drug-likeness (QED) is 0.831. The maximum absolute atomic E-state index is 13.8. The number of ether oxygens (including phenoxy) is 1. The average molecular weight is 211 g/mol. The SMILES string of the molecule is CCC(C)[C@H](N)c1cccc(OC)c1F.